The second kappa shape index (κ2) is 6.80. The van der Waals surface area contributed by atoms with Crippen molar-refractivity contribution in [2.24, 2.45) is 5.73 Å². The molecule has 0 saturated heterocycles. The molecule has 23 heavy (non-hydrogen) atoms. The first-order valence-electron chi connectivity index (χ1n) is 8.05. The second-order valence-electron chi connectivity index (χ2n) is 6.02. The molecule has 0 aliphatic rings. The van der Waals surface area contributed by atoms with Crippen LogP contribution in [0.15, 0.2) is 60.7 Å². The molecular weight excluding hydrogens is 282 g/mol. The molecule has 0 saturated carbocycles. The fourth-order valence-corrected chi connectivity index (χ4v) is 2.84. The van der Waals surface area contributed by atoms with Gasteiger partial charge in [-0.05, 0) is 31.0 Å². The average molecular weight is 305 g/mol. The predicted octanol–water partition coefficient (Wildman–Crippen LogP) is 3.85. The molecule has 0 bridgehead atoms. The van der Waals surface area contributed by atoms with Crippen molar-refractivity contribution in [1.82, 2.24) is 9.78 Å². The van der Waals surface area contributed by atoms with Crippen LogP contribution in [0.4, 0.5) is 0 Å². The zero-order valence-corrected chi connectivity index (χ0v) is 13.7. The summed E-state index contributed by atoms with van der Waals surface area (Å²) in [5.41, 5.74) is 11.8. The van der Waals surface area contributed by atoms with Crippen LogP contribution < -0.4 is 5.73 Å². The van der Waals surface area contributed by atoms with Gasteiger partial charge >= 0.3 is 0 Å². The minimum absolute atomic E-state index is 0.192. The Labute approximate surface area is 137 Å². The molecule has 0 aliphatic heterocycles. The summed E-state index contributed by atoms with van der Waals surface area (Å²) < 4.78 is 2.11. The van der Waals surface area contributed by atoms with Crippen molar-refractivity contribution in [3.63, 3.8) is 0 Å². The van der Waals surface area contributed by atoms with Crippen molar-refractivity contribution in [3.05, 3.63) is 88.7 Å². The lowest BCUT2D eigenvalue weighted by Gasteiger charge is -2.16. The summed E-state index contributed by atoms with van der Waals surface area (Å²) in [6.07, 6.45) is 0.866. The SMILES string of the molecule is Cc1ccc(Cc2cc(CN)nn2C(C)c2ccccc2)cc1. The van der Waals surface area contributed by atoms with Gasteiger partial charge in [-0.2, -0.15) is 5.10 Å². The molecule has 3 nitrogen and oxygen atoms in total. The Kier molecular flexibility index (Phi) is 4.58. The molecule has 0 fully saturated rings. The Hall–Kier alpha value is -2.39. The second-order valence-corrected chi connectivity index (χ2v) is 6.02. The largest absolute Gasteiger partial charge is 0.325 e. The Bertz CT molecular complexity index is 757. The summed E-state index contributed by atoms with van der Waals surface area (Å²) in [6, 6.07) is 21.4. The van der Waals surface area contributed by atoms with E-state index in [1.165, 1.54) is 22.4 Å². The molecule has 1 aromatic heterocycles. The van der Waals surface area contributed by atoms with E-state index in [-0.39, 0.29) is 6.04 Å². The summed E-state index contributed by atoms with van der Waals surface area (Å²) in [4.78, 5) is 0. The van der Waals surface area contributed by atoms with Gasteiger partial charge in [-0.1, -0.05) is 60.2 Å². The summed E-state index contributed by atoms with van der Waals surface area (Å²) in [5.74, 6) is 0. The Morgan fingerprint density at radius 1 is 1.04 bits per heavy atom. The first-order valence-corrected chi connectivity index (χ1v) is 8.05. The van der Waals surface area contributed by atoms with Crippen LogP contribution in [0.2, 0.25) is 0 Å². The van der Waals surface area contributed by atoms with E-state index in [2.05, 4.69) is 73.1 Å². The van der Waals surface area contributed by atoms with Crippen LogP contribution in [0.25, 0.3) is 0 Å². The fraction of sp³-hybridized carbons (Fsp3) is 0.250. The minimum atomic E-state index is 0.192. The first-order chi connectivity index (χ1) is 11.2. The van der Waals surface area contributed by atoms with Crippen LogP contribution in [0.1, 0.15) is 41.0 Å². The van der Waals surface area contributed by atoms with Crippen LogP contribution in [0, 0.1) is 6.92 Å². The van der Waals surface area contributed by atoms with Gasteiger partial charge in [0, 0.05) is 18.7 Å². The Morgan fingerprint density at radius 2 is 1.74 bits per heavy atom. The molecule has 3 aromatic rings. The quantitative estimate of drug-likeness (QED) is 0.778. The number of aromatic nitrogens is 2. The highest BCUT2D eigenvalue weighted by Crippen LogP contribution is 2.22. The van der Waals surface area contributed by atoms with Gasteiger partial charge in [-0.3, -0.25) is 4.68 Å². The third-order valence-corrected chi connectivity index (χ3v) is 4.23. The molecule has 3 heteroatoms. The number of hydrogen-bond donors (Lipinski definition) is 1. The summed E-state index contributed by atoms with van der Waals surface area (Å²) in [5, 5.41) is 4.71. The number of aryl methyl sites for hydroxylation is 1. The number of benzene rings is 2. The number of hydrogen-bond acceptors (Lipinski definition) is 2. The summed E-state index contributed by atoms with van der Waals surface area (Å²) in [7, 11) is 0. The van der Waals surface area contributed by atoms with Crippen molar-refractivity contribution >= 4 is 0 Å². The maximum atomic E-state index is 5.81. The average Bonchev–Trinajstić information content (AvgIpc) is 3.00. The van der Waals surface area contributed by atoms with Gasteiger partial charge < -0.3 is 5.73 Å². The van der Waals surface area contributed by atoms with E-state index in [1.807, 2.05) is 6.07 Å². The topological polar surface area (TPSA) is 43.8 Å². The molecular formula is C20H23N3. The third-order valence-electron chi connectivity index (χ3n) is 4.23. The zero-order valence-electron chi connectivity index (χ0n) is 13.7. The van der Waals surface area contributed by atoms with Crippen LogP contribution in [-0.2, 0) is 13.0 Å². The third kappa shape index (κ3) is 3.51. The van der Waals surface area contributed by atoms with Crippen molar-refractivity contribution in [3.8, 4) is 0 Å². The minimum Gasteiger partial charge on any atom is -0.325 e. The highest BCUT2D eigenvalue weighted by atomic mass is 15.3. The fourth-order valence-electron chi connectivity index (χ4n) is 2.84. The van der Waals surface area contributed by atoms with Gasteiger partial charge in [0.2, 0.25) is 0 Å². The lowest BCUT2D eigenvalue weighted by atomic mass is 10.1. The Morgan fingerprint density at radius 3 is 2.39 bits per heavy atom. The smallest absolute Gasteiger partial charge is 0.0763 e. The molecule has 0 aliphatic carbocycles. The normalized spacial score (nSPS) is 12.3. The molecule has 1 heterocycles. The molecule has 2 N–H and O–H groups in total. The van der Waals surface area contributed by atoms with Crippen LogP contribution >= 0.6 is 0 Å². The maximum Gasteiger partial charge on any atom is 0.0763 e. The molecule has 2 aromatic carbocycles. The monoisotopic (exact) mass is 305 g/mol. The first kappa shape index (κ1) is 15.5. The molecule has 1 atom stereocenters. The van der Waals surface area contributed by atoms with Crippen LogP contribution in [0.5, 0.6) is 0 Å². The molecule has 0 amide bonds. The van der Waals surface area contributed by atoms with Gasteiger partial charge in [-0.15, -0.1) is 0 Å². The van der Waals surface area contributed by atoms with E-state index in [1.54, 1.807) is 0 Å². The number of nitrogens with zero attached hydrogens (tertiary/aromatic N) is 2. The molecule has 0 spiro atoms. The van der Waals surface area contributed by atoms with Gasteiger partial charge in [-0.25, -0.2) is 0 Å². The molecule has 118 valence electrons. The number of nitrogens with two attached hydrogens (primary N) is 1. The van der Waals surface area contributed by atoms with Crippen LogP contribution in [-0.4, -0.2) is 9.78 Å². The van der Waals surface area contributed by atoms with E-state index >= 15 is 0 Å². The molecule has 1 unspecified atom stereocenters. The summed E-state index contributed by atoms with van der Waals surface area (Å²) in [6.45, 7) is 4.76. The van der Waals surface area contributed by atoms with Crippen molar-refractivity contribution < 1.29 is 0 Å². The highest BCUT2D eigenvalue weighted by molar-refractivity contribution is 5.28. The lowest BCUT2D eigenvalue weighted by Crippen LogP contribution is -2.13. The van der Waals surface area contributed by atoms with Crippen molar-refractivity contribution in [2.45, 2.75) is 32.9 Å². The van der Waals surface area contributed by atoms with E-state index in [9.17, 15) is 0 Å². The molecule has 0 radical (unpaired) electrons. The standard InChI is InChI=1S/C20H23N3/c1-15-8-10-17(11-9-15)12-20-13-19(14-21)22-23(20)16(2)18-6-4-3-5-7-18/h3-11,13,16H,12,14,21H2,1-2H3. The van der Waals surface area contributed by atoms with E-state index < -0.39 is 0 Å². The zero-order chi connectivity index (χ0) is 16.2. The van der Waals surface area contributed by atoms with E-state index in [4.69, 9.17) is 10.8 Å². The summed E-state index contributed by atoms with van der Waals surface area (Å²) >= 11 is 0. The predicted molar refractivity (Wildman–Crippen MR) is 94.4 cm³/mol. The van der Waals surface area contributed by atoms with Gasteiger partial charge in [0.15, 0.2) is 0 Å². The van der Waals surface area contributed by atoms with Crippen molar-refractivity contribution in [1.29, 1.82) is 0 Å². The lowest BCUT2D eigenvalue weighted by molar-refractivity contribution is 0.537. The van der Waals surface area contributed by atoms with Gasteiger partial charge in [0.25, 0.3) is 0 Å². The van der Waals surface area contributed by atoms with Crippen LogP contribution in [0.3, 0.4) is 0 Å². The van der Waals surface area contributed by atoms with E-state index in [0.717, 1.165) is 12.1 Å². The van der Waals surface area contributed by atoms with E-state index in [0.29, 0.717) is 6.54 Å². The molecule has 3 rings (SSSR count). The van der Waals surface area contributed by atoms with Crippen molar-refractivity contribution in [2.75, 3.05) is 0 Å². The Balaban J connectivity index is 1.93. The number of rotatable bonds is 5. The van der Waals surface area contributed by atoms with Gasteiger partial charge in [0.05, 0.1) is 11.7 Å². The highest BCUT2D eigenvalue weighted by Gasteiger charge is 2.15. The maximum absolute atomic E-state index is 5.81. The van der Waals surface area contributed by atoms with Gasteiger partial charge in [0.1, 0.15) is 0 Å².